The molecule has 236 valence electrons. The van der Waals surface area contributed by atoms with Crippen LogP contribution in [0.25, 0.3) is 0 Å². The molecule has 0 saturated carbocycles. The van der Waals surface area contributed by atoms with E-state index in [2.05, 4.69) is 5.32 Å². The van der Waals surface area contributed by atoms with Crippen LogP contribution in [-0.2, 0) is 32.6 Å². The number of rotatable bonds is 14. The van der Waals surface area contributed by atoms with Crippen molar-refractivity contribution in [1.29, 1.82) is 0 Å². The van der Waals surface area contributed by atoms with E-state index in [0.717, 1.165) is 15.4 Å². The number of hydrogen-bond donors (Lipinski definition) is 1. The van der Waals surface area contributed by atoms with Crippen LogP contribution in [0.15, 0.2) is 114 Å². The number of carbonyl (C=O) groups excluding carboxylic acids is 2. The van der Waals surface area contributed by atoms with Crippen LogP contribution in [-0.4, -0.2) is 44.3 Å². The molecule has 0 fully saturated rings. The molecule has 4 rings (SSSR count). The maximum Gasteiger partial charge on any atom is 0.264 e. The Morgan fingerprint density at radius 1 is 0.800 bits per heavy atom. The largest absolute Gasteiger partial charge is 0.354 e. The predicted octanol–water partition coefficient (Wildman–Crippen LogP) is 6.31. The molecular weight excluding hydrogens is 589 g/mol. The highest BCUT2D eigenvalue weighted by molar-refractivity contribution is 7.92. The van der Waals surface area contributed by atoms with Crippen LogP contribution in [0.1, 0.15) is 49.8 Å². The molecule has 45 heavy (non-hydrogen) atoms. The number of anilines is 1. The van der Waals surface area contributed by atoms with Gasteiger partial charge in [0, 0.05) is 19.5 Å². The number of hydrogen-bond acceptors (Lipinski definition) is 4. The van der Waals surface area contributed by atoms with Crippen molar-refractivity contribution in [3.05, 3.63) is 132 Å². The lowest BCUT2D eigenvalue weighted by Crippen LogP contribution is -2.53. The van der Waals surface area contributed by atoms with Crippen LogP contribution < -0.4 is 9.62 Å². The summed E-state index contributed by atoms with van der Waals surface area (Å²) in [5.41, 5.74) is 2.79. The van der Waals surface area contributed by atoms with Gasteiger partial charge >= 0.3 is 0 Å². The zero-order chi connectivity index (χ0) is 32.4. The molecule has 1 atom stereocenters. The summed E-state index contributed by atoms with van der Waals surface area (Å²) in [6, 6.07) is 29.1. The van der Waals surface area contributed by atoms with Crippen molar-refractivity contribution in [1.82, 2.24) is 10.2 Å². The molecule has 0 heterocycles. The minimum atomic E-state index is -4.18. The number of halogens is 1. The zero-order valence-electron chi connectivity index (χ0n) is 25.9. The van der Waals surface area contributed by atoms with Gasteiger partial charge in [0.25, 0.3) is 10.0 Å². The predicted molar refractivity (Wildman–Crippen MR) is 176 cm³/mol. The summed E-state index contributed by atoms with van der Waals surface area (Å²) in [4.78, 5) is 29.5. The number of nitrogens with one attached hydrogen (secondary N) is 1. The molecule has 1 unspecified atom stereocenters. The number of amides is 2. The first-order valence-electron chi connectivity index (χ1n) is 15.1. The van der Waals surface area contributed by atoms with E-state index in [1.165, 1.54) is 29.2 Å². The molecular formula is C36H40FN3O4S. The van der Waals surface area contributed by atoms with Gasteiger partial charge in [-0.15, -0.1) is 0 Å². The highest BCUT2D eigenvalue weighted by atomic mass is 32.2. The summed E-state index contributed by atoms with van der Waals surface area (Å²) < 4.78 is 43.1. The highest BCUT2D eigenvalue weighted by Gasteiger charge is 2.34. The maximum absolute atomic E-state index is 14.4. The molecule has 4 aromatic rings. The monoisotopic (exact) mass is 629 g/mol. The van der Waals surface area contributed by atoms with Crippen LogP contribution in [0.5, 0.6) is 0 Å². The first-order chi connectivity index (χ1) is 21.6. The van der Waals surface area contributed by atoms with Crippen molar-refractivity contribution >= 4 is 27.5 Å². The average Bonchev–Trinajstić information content (AvgIpc) is 3.05. The Morgan fingerprint density at radius 3 is 1.98 bits per heavy atom. The van der Waals surface area contributed by atoms with Gasteiger partial charge in [0.15, 0.2) is 0 Å². The Morgan fingerprint density at radius 2 is 1.40 bits per heavy atom. The fraction of sp³-hybridized carbons (Fsp3) is 0.278. The Hall–Kier alpha value is -4.50. The molecule has 1 N–H and O–H groups in total. The molecule has 4 aromatic carbocycles. The molecule has 0 aliphatic heterocycles. The average molecular weight is 630 g/mol. The van der Waals surface area contributed by atoms with Crippen LogP contribution in [0.3, 0.4) is 0 Å². The van der Waals surface area contributed by atoms with Gasteiger partial charge in [-0.05, 0) is 65.4 Å². The molecule has 0 radical (unpaired) electrons. The van der Waals surface area contributed by atoms with Crippen molar-refractivity contribution < 1.29 is 22.4 Å². The molecule has 2 amide bonds. The lowest BCUT2D eigenvalue weighted by Gasteiger charge is -2.34. The number of carbonyl (C=O) groups is 2. The van der Waals surface area contributed by atoms with E-state index in [1.807, 2.05) is 63.2 Å². The second kappa shape index (κ2) is 15.5. The van der Waals surface area contributed by atoms with Crippen molar-refractivity contribution in [3.8, 4) is 0 Å². The van der Waals surface area contributed by atoms with E-state index >= 15 is 0 Å². The van der Waals surface area contributed by atoms with Gasteiger partial charge in [-0.3, -0.25) is 13.9 Å². The molecule has 0 saturated heterocycles. The lowest BCUT2D eigenvalue weighted by atomic mass is 10.0. The second-order valence-electron chi connectivity index (χ2n) is 11.2. The van der Waals surface area contributed by atoms with Gasteiger partial charge in [-0.2, -0.15) is 0 Å². The third kappa shape index (κ3) is 8.79. The molecule has 7 nitrogen and oxygen atoms in total. The molecule has 0 aliphatic rings. The molecule has 9 heteroatoms. The Labute approximate surface area is 265 Å². The van der Waals surface area contributed by atoms with Gasteiger partial charge in [0.1, 0.15) is 18.4 Å². The SMILES string of the molecule is CCCNC(=O)C(Cc1ccccc1)N(Cc1ccc(F)cc1)C(=O)CN(c1ccc(C(C)C)cc1)S(=O)(=O)c1ccccc1. The Bertz CT molecular complexity index is 1650. The standard InChI is InChI=1S/C36H40FN3O4S/c1-4-23-38-36(42)34(24-28-11-7-5-8-12-28)39(25-29-15-19-31(37)20-16-29)35(41)26-40(32-21-17-30(18-22-32)27(2)3)45(43,44)33-13-9-6-10-14-33/h5-22,27,34H,4,23-26H2,1-3H3,(H,38,42). The smallest absolute Gasteiger partial charge is 0.264 e. The highest BCUT2D eigenvalue weighted by Crippen LogP contribution is 2.27. The quantitative estimate of drug-likeness (QED) is 0.177. The number of nitrogens with zero attached hydrogens (tertiary/aromatic N) is 2. The van der Waals surface area contributed by atoms with E-state index in [-0.39, 0.29) is 29.7 Å². The number of benzene rings is 4. The van der Waals surface area contributed by atoms with Crippen molar-refractivity contribution in [3.63, 3.8) is 0 Å². The molecule has 0 spiro atoms. The van der Waals surface area contributed by atoms with Crippen molar-refractivity contribution in [2.75, 3.05) is 17.4 Å². The Kier molecular flexibility index (Phi) is 11.5. The normalized spacial score (nSPS) is 12.0. The van der Waals surface area contributed by atoms with Crippen LogP contribution in [0.4, 0.5) is 10.1 Å². The van der Waals surface area contributed by atoms with Crippen LogP contribution in [0, 0.1) is 5.82 Å². The molecule has 0 aromatic heterocycles. The summed E-state index contributed by atoms with van der Waals surface area (Å²) in [6.07, 6.45) is 0.906. The van der Waals surface area contributed by atoms with E-state index in [1.54, 1.807) is 42.5 Å². The molecule has 0 aliphatic carbocycles. The van der Waals surface area contributed by atoms with Crippen LogP contribution in [0.2, 0.25) is 0 Å². The summed E-state index contributed by atoms with van der Waals surface area (Å²) in [5, 5.41) is 2.92. The van der Waals surface area contributed by atoms with Crippen LogP contribution >= 0.6 is 0 Å². The maximum atomic E-state index is 14.4. The lowest BCUT2D eigenvalue weighted by molar-refractivity contribution is -0.140. The minimum absolute atomic E-state index is 0.0261. The summed E-state index contributed by atoms with van der Waals surface area (Å²) in [7, 11) is -4.18. The Balaban J connectivity index is 1.79. The summed E-state index contributed by atoms with van der Waals surface area (Å²) in [5.74, 6) is -1.12. The van der Waals surface area contributed by atoms with E-state index < -0.39 is 34.3 Å². The third-order valence-corrected chi connectivity index (χ3v) is 9.33. The summed E-state index contributed by atoms with van der Waals surface area (Å²) in [6.45, 7) is 5.86. The fourth-order valence-electron chi connectivity index (χ4n) is 4.98. The van der Waals surface area contributed by atoms with E-state index in [4.69, 9.17) is 0 Å². The van der Waals surface area contributed by atoms with E-state index in [0.29, 0.717) is 24.2 Å². The van der Waals surface area contributed by atoms with Gasteiger partial charge < -0.3 is 10.2 Å². The number of sulfonamides is 1. The van der Waals surface area contributed by atoms with Gasteiger partial charge in [-0.25, -0.2) is 12.8 Å². The topological polar surface area (TPSA) is 86.8 Å². The van der Waals surface area contributed by atoms with Crippen molar-refractivity contribution in [2.45, 2.75) is 57.0 Å². The zero-order valence-corrected chi connectivity index (χ0v) is 26.7. The first-order valence-corrected chi connectivity index (χ1v) is 16.6. The molecule has 0 bridgehead atoms. The van der Waals surface area contributed by atoms with Crippen molar-refractivity contribution in [2.24, 2.45) is 0 Å². The second-order valence-corrected chi connectivity index (χ2v) is 13.1. The minimum Gasteiger partial charge on any atom is -0.354 e. The van der Waals surface area contributed by atoms with Gasteiger partial charge in [0.05, 0.1) is 10.6 Å². The van der Waals surface area contributed by atoms with Gasteiger partial charge in [-0.1, -0.05) is 93.6 Å². The first kappa shape index (κ1) is 33.4. The van der Waals surface area contributed by atoms with Gasteiger partial charge in [0.2, 0.25) is 11.8 Å². The summed E-state index contributed by atoms with van der Waals surface area (Å²) >= 11 is 0. The van der Waals surface area contributed by atoms with E-state index in [9.17, 15) is 22.4 Å². The fourth-order valence-corrected chi connectivity index (χ4v) is 6.42. The third-order valence-electron chi connectivity index (χ3n) is 7.54.